The molecule has 0 radical (unpaired) electrons. The molecule has 25 heavy (non-hydrogen) atoms. The highest BCUT2D eigenvalue weighted by molar-refractivity contribution is 7.87. The zero-order valence-corrected chi connectivity index (χ0v) is 15.8. The molecule has 3 rings (SSSR count). The van der Waals surface area contributed by atoms with E-state index in [2.05, 4.69) is 45.0 Å². The van der Waals surface area contributed by atoms with Gasteiger partial charge in [0.25, 0.3) is 0 Å². The highest BCUT2D eigenvalue weighted by atomic mass is 31.2. The summed E-state index contributed by atoms with van der Waals surface area (Å²) in [5.74, 6) is 0.302. The summed E-state index contributed by atoms with van der Waals surface area (Å²) in [6, 6.07) is 28.3. The largest absolute Gasteiger partial charge is 0.507 e. The maximum Gasteiger partial charge on any atom is 0.125 e. The summed E-state index contributed by atoms with van der Waals surface area (Å²) in [5, 5.41) is 13.9. The van der Waals surface area contributed by atoms with Crippen molar-refractivity contribution >= 4 is 23.0 Å². The van der Waals surface area contributed by atoms with Gasteiger partial charge in [-0.05, 0) is 32.9 Å². The highest BCUT2D eigenvalue weighted by Crippen LogP contribution is 2.50. The first-order valence-electron chi connectivity index (χ1n) is 8.47. The van der Waals surface area contributed by atoms with Gasteiger partial charge in [0.1, 0.15) is 5.75 Å². The molecule has 3 aromatic carbocycles. The summed E-state index contributed by atoms with van der Waals surface area (Å²) < 4.78 is 5.36. The molecule has 0 aliphatic rings. The molecule has 2 nitrogen and oxygen atoms in total. The Morgan fingerprint density at radius 2 is 1.12 bits per heavy atom. The Labute approximate surface area is 150 Å². The minimum Gasteiger partial charge on any atom is -0.507 e. The molecule has 0 heterocycles. The third kappa shape index (κ3) is 3.55. The molecule has 0 saturated heterocycles. The summed E-state index contributed by atoms with van der Waals surface area (Å²) in [7, 11) is -2.34. The Bertz CT molecular complexity index is 853. The van der Waals surface area contributed by atoms with Gasteiger partial charge in [-0.15, -0.1) is 0 Å². The summed E-state index contributed by atoms with van der Waals surface area (Å²) >= 11 is 0. The number of para-hydroxylation sites is 1. The molecule has 0 saturated carbocycles. The van der Waals surface area contributed by atoms with Gasteiger partial charge >= 0.3 is 0 Å². The van der Waals surface area contributed by atoms with E-state index >= 15 is 0 Å². The van der Waals surface area contributed by atoms with Crippen molar-refractivity contribution in [3.8, 4) is 5.75 Å². The molecule has 0 bridgehead atoms. The third-order valence-corrected chi connectivity index (χ3v) is 8.01. The van der Waals surface area contributed by atoms with Crippen LogP contribution in [-0.2, 0) is 0 Å². The zero-order chi connectivity index (χ0) is 17.9. The fourth-order valence-corrected chi connectivity index (χ4v) is 7.08. The first-order chi connectivity index (χ1) is 11.9. The Hall–Kier alpha value is -2.31. The van der Waals surface area contributed by atoms with Gasteiger partial charge in [-0.25, -0.2) is 0 Å². The summed E-state index contributed by atoms with van der Waals surface area (Å²) in [6.45, 7) is 6.36. The van der Waals surface area contributed by atoms with Crippen molar-refractivity contribution in [1.29, 1.82) is 0 Å². The first kappa shape index (κ1) is 17.5. The standard InChI is InChI=1S/C22H24NOP/c1-22(2,3)23-25(18-12-6-4-7-13-18,19-14-8-5-9-15-19)21-17-11-10-16-20(21)24/h4-17,24H,1-3H3. The minimum atomic E-state index is -2.34. The molecule has 0 atom stereocenters. The molecule has 0 amide bonds. The molecule has 0 aliphatic heterocycles. The molecule has 3 heteroatoms. The topological polar surface area (TPSA) is 32.6 Å². The van der Waals surface area contributed by atoms with Crippen LogP contribution in [0.15, 0.2) is 89.7 Å². The van der Waals surface area contributed by atoms with Crippen LogP contribution in [0.5, 0.6) is 5.75 Å². The molecule has 0 aromatic heterocycles. The van der Waals surface area contributed by atoms with Crippen LogP contribution in [0.1, 0.15) is 20.8 Å². The van der Waals surface area contributed by atoms with E-state index in [9.17, 15) is 5.11 Å². The van der Waals surface area contributed by atoms with Crippen LogP contribution in [0.3, 0.4) is 0 Å². The van der Waals surface area contributed by atoms with E-state index < -0.39 is 7.05 Å². The van der Waals surface area contributed by atoms with Crippen LogP contribution in [-0.4, -0.2) is 10.6 Å². The number of nitrogens with zero attached hydrogens (tertiary/aromatic N) is 1. The summed E-state index contributed by atoms with van der Waals surface area (Å²) in [6.07, 6.45) is 0. The smallest absolute Gasteiger partial charge is 0.125 e. The van der Waals surface area contributed by atoms with E-state index in [1.165, 1.54) is 0 Å². The molecule has 0 fully saturated rings. The van der Waals surface area contributed by atoms with E-state index in [4.69, 9.17) is 4.74 Å². The Morgan fingerprint density at radius 1 is 0.680 bits per heavy atom. The van der Waals surface area contributed by atoms with Crippen molar-refractivity contribution in [3.05, 3.63) is 84.9 Å². The zero-order valence-electron chi connectivity index (χ0n) is 14.9. The molecule has 0 aliphatic carbocycles. The van der Waals surface area contributed by atoms with Crippen LogP contribution in [0.25, 0.3) is 0 Å². The number of aromatic hydroxyl groups is 1. The SMILES string of the molecule is CC(C)(C)N=P(c1ccccc1)(c1ccccc1)c1ccccc1O. The number of phenolic OH excluding ortho intramolecular Hbond substituents is 1. The average Bonchev–Trinajstić information content (AvgIpc) is 2.61. The number of rotatable bonds is 3. The van der Waals surface area contributed by atoms with E-state index in [1.807, 2.05) is 54.6 Å². The first-order valence-corrected chi connectivity index (χ1v) is 10.2. The predicted octanol–water partition coefficient (Wildman–Crippen LogP) is 4.67. The van der Waals surface area contributed by atoms with Crippen LogP contribution in [0, 0.1) is 0 Å². The molecule has 3 aromatic rings. The summed E-state index contributed by atoms with van der Waals surface area (Å²) in [4.78, 5) is 0. The second kappa shape index (κ2) is 6.90. The number of benzene rings is 3. The lowest BCUT2D eigenvalue weighted by Gasteiger charge is -2.31. The van der Waals surface area contributed by atoms with Gasteiger partial charge in [-0.2, -0.15) is 0 Å². The fraction of sp³-hybridized carbons (Fsp3) is 0.182. The summed E-state index contributed by atoms with van der Waals surface area (Å²) in [5.41, 5.74) is -0.248. The average molecular weight is 349 g/mol. The fourth-order valence-electron chi connectivity index (χ4n) is 3.07. The molecular weight excluding hydrogens is 325 g/mol. The van der Waals surface area contributed by atoms with Crippen molar-refractivity contribution in [2.75, 3.05) is 0 Å². The van der Waals surface area contributed by atoms with Crippen LogP contribution in [0.2, 0.25) is 0 Å². The van der Waals surface area contributed by atoms with Crippen molar-refractivity contribution in [2.24, 2.45) is 4.74 Å². The highest BCUT2D eigenvalue weighted by Gasteiger charge is 2.31. The predicted molar refractivity (Wildman–Crippen MR) is 109 cm³/mol. The van der Waals surface area contributed by atoms with E-state index in [0.717, 1.165) is 15.9 Å². The van der Waals surface area contributed by atoms with E-state index in [0.29, 0.717) is 5.75 Å². The van der Waals surface area contributed by atoms with E-state index in [-0.39, 0.29) is 5.54 Å². The third-order valence-electron chi connectivity index (χ3n) is 3.94. The molecule has 1 N–H and O–H groups in total. The molecule has 0 spiro atoms. The maximum absolute atomic E-state index is 10.7. The van der Waals surface area contributed by atoms with Crippen molar-refractivity contribution in [2.45, 2.75) is 26.3 Å². The van der Waals surface area contributed by atoms with Crippen molar-refractivity contribution < 1.29 is 5.11 Å². The Morgan fingerprint density at radius 3 is 1.56 bits per heavy atom. The van der Waals surface area contributed by atoms with Gasteiger partial charge in [0.05, 0.1) is 12.6 Å². The van der Waals surface area contributed by atoms with Gasteiger partial charge in [0, 0.05) is 15.9 Å². The minimum absolute atomic E-state index is 0.248. The maximum atomic E-state index is 10.7. The van der Waals surface area contributed by atoms with Gasteiger partial charge < -0.3 is 5.11 Å². The van der Waals surface area contributed by atoms with Gasteiger partial charge in [-0.1, -0.05) is 72.8 Å². The van der Waals surface area contributed by atoms with Gasteiger partial charge in [-0.3, -0.25) is 4.74 Å². The van der Waals surface area contributed by atoms with E-state index in [1.54, 1.807) is 6.07 Å². The van der Waals surface area contributed by atoms with Crippen LogP contribution in [0.4, 0.5) is 0 Å². The second-order valence-electron chi connectivity index (χ2n) is 7.07. The van der Waals surface area contributed by atoms with Crippen molar-refractivity contribution in [3.63, 3.8) is 0 Å². The van der Waals surface area contributed by atoms with Gasteiger partial charge in [0.15, 0.2) is 0 Å². The molecule has 128 valence electrons. The number of hydrogen-bond donors (Lipinski definition) is 1. The van der Waals surface area contributed by atoms with Crippen LogP contribution >= 0.6 is 7.05 Å². The normalized spacial score (nSPS) is 12.0. The second-order valence-corrected chi connectivity index (χ2v) is 10.1. The molecular formula is C22H24NOP. The van der Waals surface area contributed by atoms with Crippen LogP contribution < -0.4 is 15.9 Å². The molecule has 0 unspecified atom stereocenters. The van der Waals surface area contributed by atoms with Gasteiger partial charge in [0.2, 0.25) is 0 Å². The lowest BCUT2D eigenvalue weighted by atomic mass is 10.1. The quantitative estimate of drug-likeness (QED) is 0.685. The Kier molecular flexibility index (Phi) is 4.83. The Balaban J connectivity index is 2.50. The lowest BCUT2D eigenvalue weighted by molar-refractivity contribution is 0.479. The number of hydrogen-bond acceptors (Lipinski definition) is 2. The van der Waals surface area contributed by atoms with Crippen molar-refractivity contribution in [1.82, 2.24) is 0 Å². The monoisotopic (exact) mass is 349 g/mol. The lowest BCUT2D eigenvalue weighted by Crippen LogP contribution is -2.28. The number of phenols is 1.